The quantitative estimate of drug-likeness (QED) is 0.556. The molecule has 0 bridgehead atoms. The summed E-state index contributed by atoms with van der Waals surface area (Å²) in [4.78, 5) is 12.4. The number of nitrogens with zero attached hydrogens (tertiary/aromatic N) is 1. The number of hydrogen-bond donors (Lipinski definition) is 2. The number of amides is 1. The van der Waals surface area contributed by atoms with E-state index in [2.05, 4.69) is 69.9 Å². The Morgan fingerprint density at radius 1 is 1.03 bits per heavy atom. The number of para-hydroxylation sites is 1. The zero-order valence-corrected chi connectivity index (χ0v) is 18.3. The van der Waals surface area contributed by atoms with Crippen molar-refractivity contribution in [3.05, 3.63) is 71.9 Å². The number of benzene rings is 2. The van der Waals surface area contributed by atoms with Crippen LogP contribution in [0.25, 0.3) is 10.9 Å². The predicted octanol–water partition coefficient (Wildman–Crippen LogP) is 4.55. The van der Waals surface area contributed by atoms with Gasteiger partial charge in [-0.25, -0.2) is 0 Å². The maximum absolute atomic E-state index is 12.4. The maximum Gasteiger partial charge on any atom is 0.220 e. The summed E-state index contributed by atoms with van der Waals surface area (Å²) in [5.74, 6) is 0.923. The minimum absolute atomic E-state index is 0. The third-order valence-electron chi connectivity index (χ3n) is 6.02. The van der Waals surface area contributed by atoms with Gasteiger partial charge in [-0.2, -0.15) is 0 Å². The van der Waals surface area contributed by atoms with Gasteiger partial charge in [-0.1, -0.05) is 48.5 Å². The molecule has 2 aromatic carbocycles. The predicted molar refractivity (Wildman–Crippen MR) is 126 cm³/mol. The highest BCUT2D eigenvalue weighted by Gasteiger charge is 2.14. The summed E-state index contributed by atoms with van der Waals surface area (Å²) in [5.41, 5.74) is 3.78. The normalized spacial score (nSPS) is 14.4. The minimum Gasteiger partial charge on any atom is -0.356 e. The molecule has 4 rings (SSSR count). The molecule has 3 aromatic rings. The van der Waals surface area contributed by atoms with Crippen LogP contribution in [0.3, 0.4) is 0 Å². The number of nitrogens with one attached hydrogen (secondary N) is 2. The fraction of sp³-hybridized carbons (Fsp3) is 0.400. The van der Waals surface area contributed by atoms with Crippen LogP contribution in [-0.4, -0.2) is 30.1 Å². The second kappa shape index (κ2) is 11.2. The van der Waals surface area contributed by atoms with E-state index in [1.54, 1.807) is 0 Å². The Kier molecular flexibility index (Phi) is 8.35. The third kappa shape index (κ3) is 5.87. The first-order valence-corrected chi connectivity index (χ1v) is 10.9. The first kappa shape index (κ1) is 22.4. The lowest BCUT2D eigenvalue weighted by atomic mass is 9.95. The second-order valence-corrected chi connectivity index (χ2v) is 8.12. The lowest BCUT2D eigenvalue weighted by Gasteiger charge is -2.22. The van der Waals surface area contributed by atoms with Crippen molar-refractivity contribution in [2.45, 2.75) is 38.6 Å². The summed E-state index contributed by atoms with van der Waals surface area (Å²) >= 11 is 0. The van der Waals surface area contributed by atoms with Gasteiger partial charge < -0.3 is 15.2 Å². The zero-order valence-electron chi connectivity index (χ0n) is 17.5. The molecule has 160 valence electrons. The largest absolute Gasteiger partial charge is 0.356 e. The van der Waals surface area contributed by atoms with Crippen LogP contribution in [0.2, 0.25) is 0 Å². The highest BCUT2D eigenvalue weighted by molar-refractivity contribution is 5.85. The van der Waals surface area contributed by atoms with Crippen molar-refractivity contribution in [2.24, 2.45) is 5.92 Å². The number of aryl methyl sites for hydroxylation is 1. The lowest BCUT2D eigenvalue weighted by Crippen LogP contribution is -2.31. The van der Waals surface area contributed by atoms with E-state index < -0.39 is 0 Å². The van der Waals surface area contributed by atoms with Crippen molar-refractivity contribution in [3.8, 4) is 0 Å². The Hall–Kier alpha value is -2.30. The topological polar surface area (TPSA) is 46.1 Å². The van der Waals surface area contributed by atoms with E-state index in [1.165, 1.54) is 34.9 Å². The minimum atomic E-state index is 0. The van der Waals surface area contributed by atoms with Crippen molar-refractivity contribution in [3.63, 3.8) is 0 Å². The molecule has 1 aliphatic heterocycles. The van der Waals surface area contributed by atoms with Gasteiger partial charge in [0, 0.05) is 36.6 Å². The summed E-state index contributed by atoms with van der Waals surface area (Å²) in [6.07, 6.45) is 7.12. The van der Waals surface area contributed by atoms with E-state index in [0.717, 1.165) is 44.9 Å². The number of hydrogen-bond acceptors (Lipinski definition) is 2. The SMILES string of the molecule is Cl.O=C(CCc1cn(Cc2ccccc2)c2ccccc12)NCCC1CCNCC1. The molecule has 5 heteroatoms. The van der Waals surface area contributed by atoms with Crippen LogP contribution >= 0.6 is 12.4 Å². The number of halogens is 1. The molecule has 4 nitrogen and oxygen atoms in total. The summed E-state index contributed by atoms with van der Waals surface area (Å²) in [6.45, 7) is 3.89. The molecule has 30 heavy (non-hydrogen) atoms. The first-order valence-electron chi connectivity index (χ1n) is 10.9. The molecule has 0 atom stereocenters. The van der Waals surface area contributed by atoms with Crippen LogP contribution in [0, 0.1) is 5.92 Å². The van der Waals surface area contributed by atoms with Gasteiger partial charge in [0.05, 0.1) is 0 Å². The molecule has 1 saturated heterocycles. The number of fused-ring (bicyclic) bond motifs is 1. The van der Waals surface area contributed by atoms with Crippen LogP contribution in [0.1, 0.15) is 36.8 Å². The van der Waals surface area contributed by atoms with Gasteiger partial charge in [0.2, 0.25) is 5.91 Å². The van der Waals surface area contributed by atoms with Crippen molar-refractivity contribution in [1.29, 1.82) is 0 Å². The molecule has 0 aliphatic carbocycles. The van der Waals surface area contributed by atoms with Gasteiger partial charge in [-0.05, 0) is 61.9 Å². The fourth-order valence-corrected chi connectivity index (χ4v) is 4.36. The Labute approximate surface area is 185 Å². The van der Waals surface area contributed by atoms with Crippen LogP contribution in [-0.2, 0) is 17.8 Å². The Morgan fingerprint density at radius 3 is 2.57 bits per heavy atom. The highest BCUT2D eigenvalue weighted by Crippen LogP contribution is 2.23. The number of carbonyl (C=O) groups is 1. The molecule has 1 aliphatic rings. The number of aromatic nitrogens is 1. The van der Waals surface area contributed by atoms with Crippen LogP contribution in [0.4, 0.5) is 0 Å². The number of piperidine rings is 1. The molecule has 1 amide bonds. The molecule has 1 fully saturated rings. The van der Waals surface area contributed by atoms with Crippen molar-refractivity contribution in [2.75, 3.05) is 19.6 Å². The molecule has 1 aromatic heterocycles. The summed E-state index contributed by atoms with van der Waals surface area (Å²) in [5, 5.41) is 7.78. The Balaban J connectivity index is 0.00000256. The van der Waals surface area contributed by atoms with Gasteiger partial charge in [0.15, 0.2) is 0 Å². The molecule has 2 N–H and O–H groups in total. The van der Waals surface area contributed by atoms with E-state index in [-0.39, 0.29) is 18.3 Å². The average molecular weight is 426 g/mol. The standard InChI is InChI=1S/C25H31N3O.ClH/c29-25(27-17-14-20-12-15-26-16-13-20)11-10-22-19-28(18-21-6-2-1-3-7-21)24-9-5-4-8-23(22)24;/h1-9,19-20,26H,10-18H2,(H,27,29);1H. The van der Waals surface area contributed by atoms with E-state index in [9.17, 15) is 4.79 Å². The number of carbonyl (C=O) groups excluding carboxylic acids is 1. The van der Waals surface area contributed by atoms with Crippen molar-refractivity contribution in [1.82, 2.24) is 15.2 Å². The van der Waals surface area contributed by atoms with Crippen LogP contribution in [0.5, 0.6) is 0 Å². The summed E-state index contributed by atoms with van der Waals surface area (Å²) < 4.78 is 2.30. The van der Waals surface area contributed by atoms with Gasteiger partial charge >= 0.3 is 0 Å². The van der Waals surface area contributed by atoms with E-state index in [4.69, 9.17) is 0 Å². The molecular weight excluding hydrogens is 394 g/mol. The molecule has 0 unspecified atom stereocenters. The summed E-state index contributed by atoms with van der Waals surface area (Å²) in [6, 6.07) is 19.0. The maximum atomic E-state index is 12.4. The number of rotatable bonds is 8. The third-order valence-corrected chi connectivity index (χ3v) is 6.02. The van der Waals surface area contributed by atoms with Gasteiger partial charge in [-0.3, -0.25) is 4.79 Å². The smallest absolute Gasteiger partial charge is 0.220 e. The van der Waals surface area contributed by atoms with E-state index in [0.29, 0.717) is 6.42 Å². The summed E-state index contributed by atoms with van der Waals surface area (Å²) in [7, 11) is 0. The fourth-order valence-electron chi connectivity index (χ4n) is 4.36. The molecular formula is C25H32ClN3O. The van der Waals surface area contributed by atoms with Gasteiger partial charge in [0.25, 0.3) is 0 Å². The van der Waals surface area contributed by atoms with E-state index in [1.807, 2.05) is 6.07 Å². The van der Waals surface area contributed by atoms with E-state index >= 15 is 0 Å². The van der Waals surface area contributed by atoms with Crippen molar-refractivity contribution >= 4 is 29.2 Å². The lowest BCUT2D eigenvalue weighted by molar-refractivity contribution is -0.121. The van der Waals surface area contributed by atoms with Crippen molar-refractivity contribution < 1.29 is 4.79 Å². The van der Waals surface area contributed by atoms with Gasteiger partial charge in [0.1, 0.15) is 0 Å². The Bertz CT molecular complexity index is 932. The van der Waals surface area contributed by atoms with Crippen LogP contribution < -0.4 is 10.6 Å². The molecule has 0 spiro atoms. The zero-order chi connectivity index (χ0) is 19.9. The second-order valence-electron chi connectivity index (χ2n) is 8.12. The molecule has 0 radical (unpaired) electrons. The Morgan fingerprint density at radius 2 is 1.77 bits per heavy atom. The van der Waals surface area contributed by atoms with Gasteiger partial charge in [-0.15, -0.1) is 12.4 Å². The monoisotopic (exact) mass is 425 g/mol. The molecule has 0 saturated carbocycles. The highest BCUT2D eigenvalue weighted by atomic mass is 35.5. The van der Waals surface area contributed by atoms with Crippen LogP contribution in [0.15, 0.2) is 60.8 Å². The average Bonchev–Trinajstić information content (AvgIpc) is 3.11. The first-order chi connectivity index (χ1) is 14.3. The molecule has 2 heterocycles.